The van der Waals surface area contributed by atoms with Gasteiger partial charge in [-0.1, -0.05) is 12.1 Å². The van der Waals surface area contributed by atoms with Gasteiger partial charge in [0, 0.05) is 26.2 Å². The summed E-state index contributed by atoms with van der Waals surface area (Å²) in [6.45, 7) is 1.92. The van der Waals surface area contributed by atoms with Crippen LogP contribution < -0.4 is 16.1 Å². The second kappa shape index (κ2) is 7.29. The lowest BCUT2D eigenvalue weighted by atomic mass is 10.2. The SMILES string of the molecule is CS(=O)(=O)N1CCN(c2ccccc2N/N=C(\C#N)C(=N)N)CC1. The van der Waals surface area contributed by atoms with E-state index in [4.69, 9.17) is 16.4 Å². The number of hydrazone groups is 1. The van der Waals surface area contributed by atoms with Crippen molar-refractivity contribution in [3.63, 3.8) is 0 Å². The topological polar surface area (TPSA) is 139 Å². The van der Waals surface area contributed by atoms with E-state index >= 15 is 0 Å². The number of benzene rings is 1. The second-order valence-corrected chi connectivity index (χ2v) is 7.25. The fourth-order valence-corrected chi connectivity index (χ4v) is 3.19. The fourth-order valence-electron chi connectivity index (χ4n) is 2.37. The van der Waals surface area contributed by atoms with Crippen molar-refractivity contribution < 1.29 is 8.42 Å². The Balaban J connectivity index is 2.16. The van der Waals surface area contributed by atoms with Gasteiger partial charge in [0.05, 0.1) is 17.6 Å². The van der Waals surface area contributed by atoms with E-state index in [1.165, 1.54) is 10.6 Å². The van der Waals surface area contributed by atoms with Crippen molar-refractivity contribution in [1.82, 2.24) is 4.31 Å². The summed E-state index contributed by atoms with van der Waals surface area (Å²) in [5.74, 6) is -0.413. The molecule has 4 N–H and O–H groups in total. The standard InChI is InChI=1S/C14H19N7O2S/c1-24(22,23)21-8-6-20(7-9-21)13-5-3-2-4-11(13)18-19-12(10-15)14(16)17/h2-5,18H,6-9H2,1H3,(H3,16,17)/b19-12+. The molecule has 128 valence electrons. The van der Waals surface area contributed by atoms with Crippen LogP contribution in [0, 0.1) is 16.7 Å². The van der Waals surface area contributed by atoms with E-state index < -0.39 is 15.9 Å². The summed E-state index contributed by atoms with van der Waals surface area (Å²) in [6, 6.07) is 9.09. The van der Waals surface area contributed by atoms with Crippen LogP contribution in [0.3, 0.4) is 0 Å². The van der Waals surface area contributed by atoms with E-state index in [9.17, 15) is 8.42 Å². The van der Waals surface area contributed by atoms with Gasteiger partial charge in [0.2, 0.25) is 15.7 Å². The molecule has 0 bridgehead atoms. The van der Waals surface area contributed by atoms with Crippen molar-refractivity contribution in [3.05, 3.63) is 24.3 Å². The van der Waals surface area contributed by atoms with Gasteiger partial charge in [-0.25, -0.2) is 8.42 Å². The van der Waals surface area contributed by atoms with E-state index in [2.05, 4.69) is 10.5 Å². The van der Waals surface area contributed by atoms with E-state index in [1.54, 1.807) is 12.1 Å². The maximum atomic E-state index is 11.6. The van der Waals surface area contributed by atoms with Crippen molar-refractivity contribution in [2.45, 2.75) is 0 Å². The monoisotopic (exact) mass is 349 g/mol. The first kappa shape index (κ1) is 17.7. The van der Waals surface area contributed by atoms with E-state index in [1.807, 2.05) is 23.1 Å². The van der Waals surface area contributed by atoms with Crippen LogP contribution >= 0.6 is 0 Å². The maximum absolute atomic E-state index is 11.6. The summed E-state index contributed by atoms with van der Waals surface area (Å²) in [4.78, 5) is 2.04. The summed E-state index contributed by atoms with van der Waals surface area (Å²) in [7, 11) is -3.18. The van der Waals surface area contributed by atoms with Crippen LogP contribution in [0.4, 0.5) is 11.4 Å². The van der Waals surface area contributed by atoms with Crippen molar-refractivity contribution in [2.75, 3.05) is 42.8 Å². The molecule has 1 heterocycles. The summed E-state index contributed by atoms with van der Waals surface area (Å²) < 4.78 is 24.6. The molecule has 1 aromatic carbocycles. The molecule has 1 aliphatic rings. The molecule has 0 aliphatic carbocycles. The average Bonchev–Trinajstić information content (AvgIpc) is 2.55. The molecule has 9 nitrogen and oxygen atoms in total. The number of anilines is 2. The number of nitrogens with two attached hydrogens (primary N) is 1. The molecule has 0 saturated carbocycles. The third-order valence-corrected chi connectivity index (χ3v) is 4.90. The van der Waals surface area contributed by atoms with E-state index in [0.717, 1.165) is 5.69 Å². The number of sulfonamides is 1. The number of para-hydroxylation sites is 2. The quantitative estimate of drug-likeness (QED) is 0.388. The number of hydrogen-bond donors (Lipinski definition) is 3. The molecule has 0 unspecified atom stereocenters. The first-order valence-corrected chi connectivity index (χ1v) is 9.05. The summed E-state index contributed by atoms with van der Waals surface area (Å²) >= 11 is 0. The Morgan fingerprint density at radius 1 is 1.33 bits per heavy atom. The molecular weight excluding hydrogens is 330 g/mol. The largest absolute Gasteiger partial charge is 0.382 e. The predicted molar refractivity (Wildman–Crippen MR) is 93.7 cm³/mol. The zero-order valence-electron chi connectivity index (χ0n) is 13.2. The lowest BCUT2D eigenvalue weighted by Gasteiger charge is -2.35. The lowest BCUT2D eigenvalue weighted by Crippen LogP contribution is -2.48. The highest BCUT2D eigenvalue weighted by molar-refractivity contribution is 7.88. The van der Waals surface area contributed by atoms with Crippen LogP contribution in [-0.2, 0) is 10.0 Å². The molecule has 0 spiro atoms. The van der Waals surface area contributed by atoms with Gasteiger partial charge >= 0.3 is 0 Å². The second-order valence-electron chi connectivity index (χ2n) is 5.26. The molecule has 1 fully saturated rings. The molecule has 1 aromatic rings. The van der Waals surface area contributed by atoms with Crippen LogP contribution in [0.5, 0.6) is 0 Å². The van der Waals surface area contributed by atoms with Gasteiger partial charge in [-0.3, -0.25) is 10.8 Å². The molecule has 24 heavy (non-hydrogen) atoms. The van der Waals surface area contributed by atoms with Gasteiger partial charge in [-0.05, 0) is 12.1 Å². The summed E-state index contributed by atoms with van der Waals surface area (Å²) in [6.07, 6.45) is 1.21. The highest BCUT2D eigenvalue weighted by Gasteiger charge is 2.24. The Labute approximate surface area is 140 Å². The van der Waals surface area contributed by atoms with Gasteiger partial charge in [-0.2, -0.15) is 14.7 Å². The Kier molecular flexibility index (Phi) is 5.38. The van der Waals surface area contributed by atoms with Gasteiger partial charge in [0.15, 0.2) is 5.84 Å². The van der Waals surface area contributed by atoms with Crippen LogP contribution in [0.1, 0.15) is 0 Å². The molecule has 0 amide bonds. The molecular formula is C14H19N7O2S. The number of nitrogens with one attached hydrogen (secondary N) is 2. The first-order valence-electron chi connectivity index (χ1n) is 7.20. The van der Waals surface area contributed by atoms with Crippen LogP contribution in [0.25, 0.3) is 0 Å². The number of piperazine rings is 1. The third kappa shape index (κ3) is 4.21. The van der Waals surface area contributed by atoms with Gasteiger partial charge in [0.1, 0.15) is 6.07 Å². The minimum atomic E-state index is -3.18. The highest BCUT2D eigenvalue weighted by Crippen LogP contribution is 2.27. The van der Waals surface area contributed by atoms with E-state index in [0.29, 0.717) is 31.9 Å². The molecule has 10 heteroatoms. The van der Waals surface area contributed by atoms with Gasteiger partial charge in [-0.15, -0.1) is 0 Å². The predicted octanol–water partition coefficient (Wildman–Crippen LogP) is -0.00435. The fraction of sp³-hybridized carbons (Fsp3) is 0.357. The Bertz CT molecular complexity index is 790. The lowest BCUT2D eigenvalue weighted by molar-refractivity contribution is 0.388. The first-order chi connectivity index (χ1) is 11.3. The van der Waals surface area contributed by atoms with Crippen molar-refractivity contribution in [2.24, 2.45) is 10.8 Å². The molecule has 2 rings (SSSR count). The zero-order chi connectivity index (χ0) is 17.7. The molecule has 0 atom stereocenters. The third-order valence-electron chi connectivity index (χ3n) is 3.60. The van der Waals surface area contributed by atoms with Crippen LogP contribution in [-0.4, -0.2) is 56.7 Å². The number of hydrogen-bond acceptors (Lipinski definition) is 7. The normalized spacial score (nSPS) is 16.5. The van der Waals surface area contributed by atoms with E-state index in [-0.39, 0.29) is 5.71 Å². The Morgan fingerprint density at radius 2 is 1.96 bits per heavy atom. The average molecular weight is 349 g/mol. The molecule has 0 radical (unpaired) electrons. The van der Waals surface area contributed by atoms with Crippen molar-refractivity contribution in [1.29, 1.82) is 10.7 Å². The Hall–Kier alpha value is -2.64. The maximum Gasteiger partial charge on any atom is 0.211 e. The number of nitrogens with zero attached hydrogens (tertiary/aromatic N) is 4. The molecule has 1 saturated heterocycles. The number of amidine groups is 1. The van der Waals surface area contributed by atoms with Gasteiger partial charge in [0.25, 0.3) is 0 Å². The number of nitriles is 1. The highest BCUT2D eigenvalue weighted by atomic mass is 32.2. The minimum absolute atomic E-state index is 0.202. The summed E-state index contributed by atoms with van der Waals surface area (Å²) in [5.41, 5.74) is 9.31. The van der Waals surface area contributed by atoms with Crippen LogP contribution in [0.2, 0.25) is 0 Å². The number of rotatable bonds is 5. The smallest absolute Gasteiger partial charge is 0.211 e. The van der Waals surface area contributed by atoms with Crippen molar-refractivity contribution in [3.8, 4) is 6.07 Å². The van der Waals surface area contributed by atoms with Gasteiger partial charge < -0.3 is 10.6 Å². The zero-order valence-corrected chi connectivity index (χ0v) is 14.0. The molecule has 1 aliphatic heterocycles. The van der Waals surface area contributed by atoms with Crippen molar-refractivity contribution >= 4 is 32.9 Å². The summed E-state index contributed by atoms with van der Waals surface area (Å²) in [5, 5.41) is 20.0. The van der Waals surface area contributed by atoms with Crippen LogP contribution in [0.15, 0.2) is 29.4 Å². The molecule has 0 aromatic heterocycles. The Morgan fingerprint density at radius 3 is 2.50 bits per heavy atom. The minimum Gasteiger partial charge on any atom is -0.382 e.